The van der Waals surface area contributed by atoms with Gasteiger partial charge < -0.3 is 14.2 Å². The van der Waals surface area contributed by atoms with Crippen LogP contribution in [0.1, 0.15) is 66.3 Å². The molecule has 0 N–H and O–H groups in total. The molecule has 1 aromatic heterocycles. The summed E-state index contributed by atoms with van der Waals surface area (Å²) in [4.78, 5) is 6.59. The zero-order valence-electron chi connectivity index (χ0n) is 22.1. The van der Waals surface area contributed by atoms with Crippen molar-refractivity contribution >= 4 is 10.0 Å². The van der Waals surface area contributed by atoms with Crippen molar-refractivity contribution in [2.75, 3.05) is 27.3 Å². The zero-order chi connectivity index (χ0) is 26.9. The highest BCUT2D eigenvalue weighted by Gasteiger charge is 2.43. The molecule has 0 unspecified atom stereocenters. The molecule has 2 atom stereocenters. The lowest BCUT2D eigenvalue weighted by molar-refractivity contribution is 0.0596. The highest BCUT2D eigenvalue weighted by atomic mass is 32.2. The summed E-state index contributed by atoms with van der Waals surface area (Å²) in [5.41, 5.74) is 1.24. The van der Waals surface area contributed by atoms with Crippen LogP contribution in [0.3, 0.4) is 0 Å². The monoisotopic (exact) mass is 542 g/mol. The standard InChI is InChI=1S/C28H35FN4O4S/c1-20-9-12-25(21-7-5-4-6-8-21)38(34,35)33(20)18-22-10-11-23(17-24(22)29)28(13-15-36-16-14-28)27-30-26(37-31-27)19-32(2)3/h4-8,10-11,17,20,25H,9,12-16,18-19H2,1-3H3/t20-,25+/m0/s1. The lowest BCUT2D eigenvalue weighted by Crippen LogP contribution is -2.44. The molecule has 0 amide bonds. The van der Waals surface area contributed by atoms with E-state index in [2.05, 4.69) is 10.1 Å². The molecule has 2 fully saturated rings. The van der Waals surface area contributed by atoms with Crippen molar-refractivity contribution in [2.45, 2.75) is 62.4 Å². The van der Waals surface area contributed by atoms with Gasteiger partial charge in [-0.1, -0.05) is 47.6 Å². The van der Waals surface area contributed by atoms with Crippen molar-refractivity contribution in [1.29, 1.82) is 0 Å². The van der Waals surface area contributed by atoms with E-state index in [1.807, 2.05) is 62.3 Å². The second-order valence-electron chi connectivity index (χ2n) is 10.7. The Labute approximate surface area is 223 Å². The Balaban J connectivity index is 1.44. The van der Waals surface area contributed by atoms with Crippen LogP contribution >= 0.6 is 0 Å². The molecule has 10 heteroatoms. The Kier molecular flexibility index (Phi) is 7.68. The van der Waals surface area contributed by atoms with E-state index in [9.17, 15) is 8.42 Å². The Hall–Kier alpha value is -2.66. The molecule has 3 aromatic rings. The van der Waals surface area contributed by atoms with Gasteiger partial charge in [-0.3, -0.25) is 0 Å². The molecule has 0 radical (unpaired) electrons. The highest BCUT2D eigenvalue weighted by Crippen LogP contribution is 2.41. The van der Waals surface area contributed by atoms with Crippen LogP contribution in [-0.2, 0) is 33.3 Å². The van der Waals surface area contributed by atoms with Gasteiger partial charge in [-0.25, -0.2) is 12.8 Å². The van der Waals surface area contributed by atoms with E-state index in [1.54, 1.807) is 6.07 Å². The first-order valence-electron chi connectivity index (χ1n) is 13.1. The summed E-state index contributed by atoms with van der Waals surface area (Å²) in [6.45, 7) is 3.41. The molecular formula is C28H35FN4O4S. The number of benzene rings is 2. The third-order valence-corrected chi connectivity index (χ3v) is 10.2. The number of sulfonamides is 1. The minimum Gasteiger partial charge on any atom is -0.381 e. The second kappa shape index (κ2) is 10.8. The van der Waals surface area contributed by atoms with Crippen LogP contribution < -0.4 is 0 Å². The van der Waals surface area contributed by atoms with E-state index in [4.69, 9.17) is 9.26 Å². The van der Waals surface area contributed by atoms with Gasteiger partial charge >= 0.3 is 0 Å². The van der Waals surface area contributed by atoms with E-state index in [1.165, 1.54) is 10.4 Å². The Morgan fingerprint density at radius 2 is 1.84 bits per heavy atom. The van der Waals surface area contributed by atoms with E-state index in [0.29, 0.717) is 62.7 Å². The van der Waals surface area contributed by atoms with Crippen LogP contribution in [0, 0.1) is 5.82 Å². The quantitative estimate of drug-likeness (QED) is 0.437. The van der Waals surface area contributed by atoms with Crippen LogP contribution in [0.15, 0.2) is 53.1 Å². The average Bonchev–Trinajstić information content (AvgIpc) is 3.36. The molecule has 0 spiro atoms. The third-order valence-electron chi connectivity index (χ3n) is 7.82. The molecule has 2 aliphatic heterocycles. The van der Waals surface area contributed by atoms with Gasteiger partial charge in [-0.15, -0.1) is 0 Å². The minimum absolute atomic E-state index is 0.00967. The topological polar surface area (TPSA) is 88.8 Å². The zero-order valence-corrected chi connectivity index (χ0v) is 23.0. The first-order chi connectivity index (χ1) is 18.2. The number of nitrogens with zero attached hydrogens (tertiary/aromatic N) is 4. The van der Waals surface area contributed by atoms with Gasteiger partial charge in [-0.2, -0.15) is 9.29 Å². The summed E-state index contributed by atoms with van der Waals surface area (Å²) in [5, 5.41) is 3.65. The highest BCUT2D eigenvalue weighted by molar-refractivity contribution is 7.89. The summed E-state index contributed by atoms with van der Waals surface area (Å²) in [6, 6.07) is 14.2. The van der Waals surface area contributed by atoms with Crippen LogP contribution in [-0.4, -0.2) is 61.1 Å². The predicted molar refractivity (Wildman–Crippen MR) is 141 cm³/mol. The number of rotatable bonds is 7. The summed E-state index contributed by atoms with van der Waals surface area (Å²) in [7, 11) is 0.188. The Morgan fingerprint density at radius 1 is 1.11 bits per heavy atom. The molecule has 2 aliphatic rings. The Morgan fingerprint density at radius 3 is 2.53 bits per heavy atom. The predicted octanol–water partition coefficient (Wildman–Crippen LogP) is 4.42. The molecule has 38 heavy (non-hydrogen) atoms. The maximum absolute atomic E-state index is 15.7. The van der Waals surface area contributed by atoms with E-state index in [0.717, 1.165) is 11.1 Å². The van der Waals surface area contributed by atoms with Gasteiger partial charge in [0.25, 0.3) is 0 Å². The second-order valence-corrected chi connectivity index (χ2v) is 12.7. The van der Waals surface area contributed by atoms with Crippen molar-refractivity contribution in [3.8, 4) is 0 Å². The Bertz CT molecular complexity index is 1360. The van der Waals surface area contributed by atoms with Crippen LogP contribution in [0.4, 0.5) is 4.39 Å². The first kappa shape index (κ1) is 26.9. The van der Waals surface area contributed by atoms with Gasteiger partial charge in [-0.05, 0) is 63.9 Å². The van der Waals surface area contributed by atoms with Crippen molar-refractivity contribution in [3.63, 3.8) is 0 Å². The van der Waals surface area contributed by atoms with Gasteiger partial charge in [0.05, 0.1) is 12.0 Å². The van der Waals surface area contributed by atoms with Gasteiger partial charge in [0.2, 0.25) is 15.9 Å². The average molecular weight is 543 g/mol. The van der Waals surface area contributed by atoms with E-state index in [-0.39, 0.29) is 12.6 Å². The van der Waals surface area contributed by atoms with Gasteiger partial charge in [0, 0.05) is 31.4 Å². The van der Waals surface area contributed by atoms with Crippen LogP contribution in [0.25, 0.3) is 0 Å². The van der Waals surface area contributed by atoms with Gasteiger partial charge in [0.15, 0.2) is 5.82 Å². The first-order valence-corrected chi connectivity index (χ1v) is 14.6. The molecule has 204 valence electrons. The van der Waals surface area contributed by atoms with E-state index < -0.39 is 26.5 Å². The van der Waals surface area contributed by atoms with Crippen molar-refractivity contribution < 1.29 is 22.1 Å². The smallest absolute Gasteiger partial charge is 0.240 e. The normalized spacial score (nSPS) is 23.5. The molecule has 8 nitrogen and oxygen atoms in total. The molecule has 0 bridgehead atoms. The molecular weight excluding hydrogens is 507 g/mol. The number of hydrogen-bond acceptors (Lipinski definition) is 7. The maximum Gasteiger partial charge on any atom is 0.240 e. The minimum atomic E-state index is -3.66. The van der Waals surface area contributed by atoms with Crippen molar-refractivity contribution in [3.05, 3.63) is 82.8 Å². The third kappa shape index (κ3) is 5.14. The number of halogens is 1. The van der Waals surface area contributed by atoms with E-state index >= 15 is 4.39 Å². The molecule has 2 aromatic carbocycles. The fourth-order valence-corrected chi connectivity index (χ4v) is 7.83. The summed E-state index contributed by atoms with van der Waals surface area (Å²) < 4.78 is 55.5. The van der Waals surface area contributed by atoms with Crippen LogP contribution in [0.2, 0.25) is 0 Å². The lowest BCUT2D eigenvalue weighted by Gasteiger charge is -2.38. The van der Waals surface area contributed by atoms with Gasteiger partial charge in [0.1, 0.15) is 11.1 Å². The molecule has 0 aliphatic carbocycles. The fourth-order valence-electron chi connectivity index (χ4n) is 5.64. The largest absolute Gasteiger partial charge is 0.381 e. The lowest BCUT2D eigenvalue weighted by atomic mass is 9.73. The summed E-state index contributed by atoms with van der Waals surface area (Å²) in [6.07, 6.45) is 2.47. The fraction of sp³-hybridized carbons (Fsp3) is 0.500. The maximum atomic E-state index is 15.7. The molecule has 5 rings (SSSR count). The summed E-state index contributed by atoms with van der Waals surface area (Å²) >= 11 is 0. The molecule has 0 saturated carbocycles. The SMILES string of the molecule is C[C@H]1CC[C@H](c2ccccc2)S(=O)(=O)N1Cc1ccc(C2(c3noc(CN(C)C)n3)CCOCC2)cc1F. The molecule has 2 saturated heterocycles. The number of ether oxygens (including phenoxy) is 1. The van der Waals surface area contributed by atoms with Crippen molar-refractivity contribution in [1.82, 2.24) is 19.3 Å². The van der Waals surface area contributed by atoms with Crippen molar-refractivity contribution in [2.24, 2.45) is 0 Å². The molecule has 3 heterocycles. The number of hydrogen-bond donors (Lipinski definition) is 0. The summed E-state index contributed by atoms with van der Waals surface area (Å²) in [5.74, 6) is 0.600. The number of aromatic nitrogens is 2. The van der Waals surface area contributed by atoms with Crippen LogP contribution in [0.5, 0.6) is 0 Å².